The van der Waals surface area contributed by atoms with E-state index >= 15 is 0 Å². The van der Waals surface area contributed by atoms with Crippen molar-refractivity contribution in [3.63, 3.8) is 0 Å². The van der Waals surface area contributed by atoms with Gasteiger partial charge in [-0.1, -0.05) is 18.6 Å². The van der Waals surface area contributed by atoms with Gasteiger partial charge < -0.3 is 15.1 Å². The molecule has 1 unspecified atom stereocenters. The van der Waals surface area contributed by atoms with E-state index in [2.05, 4.69) is 22.1 Å². The largest absolute Gasteiger partial charge is 0.356 e. The quantitative estimate of drug-likeness (QED) is 0.278. The van der Waals surface area contributed by atoms with Crippen molar-refractivity contribution < 1.29 is 4.39 Å². The van der Waals surface area contributed by atoms with Crippen LogP contribution < -0.4 is 5.32 Å². The minimum absolute atomic E-state index is 0. The lowest BCUT2D eigenvalue weighted by atomic mass is 10.0. The monoisotopic (exact) mass is 476 g/mol. The number of halogens is 2. The van der Waals surface area contributed by atoms with Gasteiger partial charge in [0.25, 0.3) is 0 Å². The first kappa shape index (κ1) is 23.1. The first-order chi connectivity index (χ1) is 12.1. The second-order valence-electron chi connectivity index (χ2n) is 7.05. The van der Waals surface area contributed by atoms with Gasteiger partial charge in [0, 0.05) is 33.2 Å². The summed E-state index contributed by atoms with van der Waals surface area (Å²) in [7, 11) is 3.77. The highest BCUT2D eigenvalue weighted by Crippen LogP contribution is 2.16. The molecular formula is C20H34FIN4. The van der Waals surface area contributed by atoms with E-state index in [1.54, 1.807) is 19.2 Å². The van der Waals surface area contributed by atoms with Crippen molar-refractivity contribution in [2.24, 2.45) is 4.99 Å². The Bertz CT molecular complexity index is 552. The van der Waals surface area contributed by atoms with Crippen LogP contribution in [0.15, 0.2) is 29.3 Å². The Balaban J connectivity index is 0.00000338. The van der Waals surface area contributed by atoms with Gasteiger partial charge in [-0.15, -0.1) is 24.0 Å². The van der Waals surface area contributed by atoms with Crippen LogP contribution in [0.25, 0.3) is 0 Å². The van der Waals surface area contributed by atoms with Gasteiger partial charge in [-0.05, 0) is 63.4 Å². The number of nitrogens with zero attached hydrogens (tertiary/aromatic N) is 3. The number of hydrogen-bond acceptors (Lipinski definition) is 2. The number of rotatable bonds is 7. The average molecular weight is 476 g/mol. The topological polar surface area (TPSA) is 30.9 Å². The molecule has 0 amide bonds. The Labute approximate surface area is 175 Å². The number of piperidine rings is 1. The number of nitrogens with one attached hydrogen (secondary N) is 1. The third-order valence-electron chi connectivity index (χ3n) is 4.98. The molecule has 0 saturated carbocycles. The summed E-state index contributed by atoms with van der Waals surface area (Å²) >= 11 is 0. The Kier molecular flexibility index (Phi) is 11.1. The summed E-state index contributed by atoms with van der Waals surface area (Å²) in [5, 5.41) is 3.42. The van der Waals surface area contributed by atoms with E-state index in [0.717, 1.165) is 30.5 Å². The van der Waals surface area contributed by atoms with E-state index in [-0.39, 0.29) is 29.8 Å². The van der Waals surface area contributed by atoms with Crippen LogP contribution in [-0.2, 0) is 6.54 Å². The maximum atomic E-state index is 13.3. The summed E-state index contributed by atoms with van der Waals surface area (Å²) in [5.74, 6) is 0.663. The van der Waals surface area contributed by atoms with E-state index in [0.29, 0.717) is 6.54 Å². The van der Waals surface area contributed by atoms with Gasteiger partial charge in [0.2, 0.25) is 0 Å². The molecule has 0 bridgehead atoms. The van der Waals surface area contributed by atoms with Crippen LogP contribution in [0.3, 0.4) is 0 Å². The number of likely N-dealkylation sites (tertiary alicyclic amines) is 1. The molecule has 1 atom stereocenters. The van der Waals surface area contributed by atoms with E-state index in [1.807, 2.05) is 18.0 Å². The predicted octanol–water partition coefficient (Wildman–Crippen LogP) is 4.11. The number of guanidine groups is 1. The molecule has 0 radical (unpaired) electrons. The normalized spacial score (nSPS) is 18.3. The molecule has 1 aliphatic rings. The molecular weight excluding hydrogens is 442 g/mol. The molecule has 4 nitrogen and oxygen atoms in total. The third-order valence-corrected chi connectivity index (χ3v) is 4.98. The Morgan fingerprint density at radius 2 is 2.15 bits per heavy atom. The fraction of sp³-hybridized carbons (Fsp3) is 0.650. The molecule has 1 fully saturated rings. The molecule has 1 N–H and O–H groups in total. The van der Waals surface area contributed by atoms with Crippen molar-refractivity contribution in [1.82, 2.24) is 15.1 Å². The molecule has 2 rings (SSSR count). The highest BCUT2D eigenvalue weighted by atomic mass is 127. The number of aliphatic imine (C=N–C) groups is 1. The summed E-state index contributed by atoms with van der Waals surface area (Å²) in [6.45, 7) is 6.36. The molecule has 0 aromatic heterocycles. The standard InChI is InChI=1S/C20H33FN4.HI/c1-17-9-4-6-13-25(17)14-7-5-12-23-20(22-2)24(3)16-18-10-8-11-19(21)15-18;/h8,10-11,15,17H,4-7,9,12-14,16H2,1-3H3,(H,22,23);1H. The van der Waals surface area contributed by atoms with Crippen molar-refractivity contribution in [3.8, 4) is 0 Å². The molecule has 1 heterocycles. The summed E-state index contributed by atoms with van der Waals surface area (Å²) in [6.07, 6.45) is 6.42. The van der Waals surface area contributed by atoms with E-state index < -0.39 is 0 Å². The highest BCUT2D eigenvalue weighted by Gasteiger charge is 2.17. The lowest BCUT2D eigenvalue weighted by Crippen LogP contribution is -2.40. The fourth-order valence-electron chi connectivity index (χ4n) is 3.50. The van der Waals surface area contributed by atoms with Crippen molar-refractivity contribution in [2.75, 3.05) is 33.7 Å². The lowest BCUT2D eigenvalue weighted by molar-refractivity contribution is 0.158. The van der Waals surface area contributed by atoms with Crippen molar-refractivity contribution in [1.29, 1.82) is 0 Å². The van der Waals surface area contributed by atoms with Crippen molar-refractivity contribution in [3.05, 3.63) is 35.6 Å². The molecule has 1 aliphatic heterocycles. The van der Waals surface area contributed by atoms with Gasteiger partial charge in [-0.3, -0.25) is 4.99 Å². The Morgan fingerprint density at radius 1 is 1.35 bits per heavy atom. The fourth-order valence-corrected chi connectivity index (χ4v) is 3.50. The van der Waals surface area contributed by atoms with Gasteiger partial charge in [0.05, 0.1) is 0 Å². The van der Waals surface area contributed by atoms with Crippen LogP contribution in [0.1, 0.15) is 44.6 Å². The van der Waals surface area contributed by atoms with Crippen LogP contribution in [0.5, 0.6) is 0 Å². The molecule has 0 spiro atoms. The average Bonchev–Trinajstić information content (AvgIpc) is 2.59. The van der Waals surface area contributed by atoms with E-state index in [1.165, 1.54) is 44.8 Å². The minimum Gasteiger partial charge on any atom is -0.356 e. The van der Waals surface area contributed by atoms with Crippen molar-refractivity contribution in [2.45, 2.75) is 51.6 Å². The maximum absolute atomic E-state index is 13.3. The number of hydrogen-bond donors (Lipinski definition) is 1. The molecule has 1 aromatic rings. The smallest absolute Gasteiger partial charge is 0.193 e. The Morgan fingerprint density at radius 3 is 2.85 bits per heavy atom. The number of benzene rings is 1. The summed E-state index contributed by atoms with van der Waals surface area (Å²) in [6, 6.07) is 7.47. The minimum atomic E-state index is -0.194. The lowest BCUT2D eigenvalue weighted by Gasteiger charge is -2.33. The first-order valence-corrected chi connectivity index (χ1v) is 9.50. The highest BCUT2D eigenvalue weighted by molar-refractivity contribution is 14.0. The maximum Gasteiger partial charge on any atom is 0.193 e. The predicted molar refractivity (Wildman–Crippen MR) is 119 cm³/mol. The molecule has 148 valence electrons. The third kappa shape index (κ3) is 7.78. The van der Waals surface area contributed by atoms with Gasteiger partial charge >= 0.3 is 0 Å². The second kappa shape index (κ2) is 12.5. The number of unbranched alkanes of at least 4 members (excludes halogenated alkanes) is 1. The van der Waals surface area contributed by atoms with E-state index in [9.17, 15) is 4.39 Å². The van der Waals surface area contributed by atoms with E-state index in [4.69, 9.17) is 0 Å². The summed E-state index contributed by atoms with van der Waals surface area (Å²) in [4.78, 5) is 8.98. The summed E-state index contributed by atoms with van der Waals surface area (Å²) < 4.78 is 13.3. The van der Waals surface area contributed by atoms with Crippen LogP contribution in [0.4, 0.5) is 4.39 Å². The van der Waals surface area contributed by atoms with Crippen LogP contribution in [0.2, 0.25) is 0 Å². The van der Waals surface area contributed by atoms with Crippen LogP contribution in [-0.4, -0.2) is 55.5 Å². The molecule has 6 heteroatoms. The Hall–Kier alpha value is -0.890. The zero-order valence-electron chi connectivity index (χ0n) is 16.4. The second-order valence-corrected chi connectivity index (χ2v) is 7.05. The zero-order chi connectivity index (χ0) is 18.1. The van der Waals surface area contributed by atoms with Crippen LogP contribution >= 0.6 is 24.0 Å². The zero-order valence-corrected chi connectivity index (χ0v) is 18.7. The summed E-state index contributed by atoms with van der Waals surface area (Å²) in [5.41, 5.74) is 0.949. The molecule has 0 aliphatic carbocycles. The van der Waals surface area contributed by atoms with Gasteiger partial charge in [-0.25, -0.2) is 4.39 Å². The first-order valence-electron chi connectivity index (χ1n) is 9.50. The van der Waals surface area contributed by atoms with Gasteiger partial charge in [0.15, 0.2) is 5.96 Å². The molecule has 26 heavy (non-hydrogen) atoms. The van der Waals surface area contributed by atoms with Crippen LogP contribution in [0, 0.1) is 5.82 Å². The molecule has 1 aromatic carbocycles. The molecule has 1 saturated heterocycles. The van der Waals surface area contributed by atoms with Gasteiger partial charge in [-0.2, -0.15) is 0 Å². The van der Waals surface area contributed by atoms with Gasteiger partial charge in [0.1, 0.15) is 5.82 Å². The van der Waals surface area contributed by atoms with Crippen molar-refractivity contribution >= 4 is 29.9 Å². The SMILES string of the molecule is CN=C(NCCCCN1CCCCC1C)N(C)Cc1cccc(F)c1.I.